The summed E-state index contributed by atoms with van der Waals surface area (Å²) < 4.78 is 0. The molecular formula is C14H21NO. The minimum Gasteiger partial charge on any atom is -0.392 e. The van der Waals surface area contributed by atoms with Crippen LogP contribution in [0.15, 0.2) is 30.3 Å². The monoisotopic (exact) mass is 219 g/mol. The van der Waals surface area contributed by atoms with Crippen LogP contribution in [0, 0.1) is 0 Å². The van der Waals surface area contributed by atoms with Crippen molar-refractivity contribution in [3.63, 3.8) is 0 Å². The second kappa shape index (κ2) is 5.46. The molecule has 2 heteroatoms. The second-order valence-corrected chi connectivity index (χ2v) is 4.87. The average Bonchev–Trinajstić information content (AvgIpc) is 2.30. The molecule has 0 spiro atoms. The van der Waals surface area contributed by atoms with Gasteiger partial charge in [0.05, 0.1) is 6.10 Å². The fourth-order valence-electron chi connectivity index (χ4n) is 2.47. The van der Waals surface area contributed by atoms with Gasteiger partial charge in [-0.05, 0) is 30.9 Å². The van der Waals surface area contributed by atoms with E-state index in [4.69, 9.17) is 0 Å². The summed E-state index contributed by atoms with van der Waals surface area (Å²) in [5.41, 5.74) is 1.39. The lowest BCUT2D eigenvalue weighted by atomic mass is 9.99. The molecule has 0 aromatic heterocycles. The molecular weight excluding hydrogens is 198 g/mol. The normalized spacial score (nSPS) is 24.2. The van der Waals surface area contributed by atoms with Gasteiger partial charge in [0.25, 0.3) is 0 Å². The molecule has 0 amide bonds. The van der Waals surface area contributed by atoms with Crippen molar-refractivity contribution in [2.75, 3.05) is 19.6 Å². The summed E-state index contributed by atoms with van der Waals surface area (Å²) in [6.07, 6.45) is 1.98. The van der Waals surface area contributed by atoms with Crippen molar-refractivity contribution in [2.45, 2.75) is 31.8 Å². The third-order valence-electron chi connectivity index (χ3n) is 3.38. The molecule has 88 valence electrons. The number of aliphatic hydroxyl groups is 1. The highest BCUT2D eigenvalue weighted by Gasteiger charge is 2.19. The van der Waals surface area contributed by atoms with Crippen LogP contribution in [0.2, 0.25) is 0 Å². The van der Waals surface area contributed by atoms with Crippen LogP contribution in [0.5, 0.6) is 0 Å². The van der Waals surface area contributed by atoms with E-state index >= 15 is 0 Å². The maximum Gasteiger partial charge on any atom is 0.0667 e. The topological polar surface area (TPSA) is 23.5 Å². The molecule has 1 N–H and O–H groups in total. The lowest BCUT2D eigenvalue weighted by Crippen LogP contribution is -2.40. The lowest BCUT2D eigenvalue weighted by Gasteiger charge is -2.32. The third kappa shape index (κ3) is 3.06. The first kappa shape index (κ1) is 11.6. The first-order valence-corrected chi connectivity index (χ1v) is 6.21. The van der Waals surface area contributed by atoms with Crippen LogP contribution in [0.25, 0.3) is 0 Å². The van der Waals surface area contributed by atoms with Crippen LogP contribution in [-0.2, 0) is 0 Å². The standard InChI is InChI=1S/C14H21NO/c1-12(13-6-3-2-4-7-13)10-15-9-5-8-14(16)11-15/h2-4,6-7,12,14,16H,5,8-11H2,1H3. The first-order chi connectivity index (χ1) is 7.75. The Hall–Kier alpha value is -0.860. The molecule has 1 aliphatic heterocycles. The zero-order valence-electron chi connectivity index (χ0n) is 9.97. The summed E-state index contributed by atoms with van der Waals surface area (Å²) in [6.45, 7) is 5.29. The highest BCUT2D eigenvalue weighted by molar-refractivity contribution is 5.19. The number of hydrogen-bond donors (Lipinski definition) is 1. The van der Waals surface area contributed by atoms with Gasteiger partial charge < -0.3 is 10.0 Å². The predicted molar refractivity (Wildman–Crippen MR) is 66.5 cm³/mol. The first-order valence-electron chi connectivity index (χ1n) is 6.21. The number of hydrogen-bond acceptors (Lipinski definition) is 2. The van der Waals surface area contributed by atoms with Gasteiger partial charge in [-0.15, -0.1) is 0 Å². The van der Waals surface area contributed by atoms with E-state index in [2.05, 4.69) is 42.2 Å². The molecule has 16 heavy (non-hydrogen) atoms. The lowest BCUT2D eigenvalue weighted by molar-refractivity contribution is 0.0682. The van der Waals surface area contributed by atoms with Gasteiger partial charge in [-0.2, -0.15) is 0 Å². The molecule has 0 aliphatic carbocycles. The van der Waals surface area contributed by atoms with Gasteiger partial charge in [-0.1, -0.05) is 37.3 Å². The molecule has 1 aromatic carbocycles. The van der Waals surface area contributed by atoms with E-state index in [0.717, 1.165) is 32.5 Å². The number of benzene rings is 1. The predicted octanol–water partition coefficient (Wildman–Crippen LogP) is 2.25. The SMILES string of the molecule is CC(CN1CCCC(O)C1)c1ccccc1. The molecule has 0 radical (unpaired) electrons. The Morgan fingerprint density at radius 2 is 2.12 bits per heavy atom. The maximum atomic E-state index is 9.62. The van der Waals surface area contributed by atoms with Gasteiger partial charge >= 0.3 is 0 Å². The molecule has 0 saturated carbocycles. The fourth-order valence-corrected chi connectivity index (χ4v) is 2.47. The molecule has 2 nitrogen and oxygen atoms in total. The maximum absolute atomic E-state index is 9.62. The number of likely N-dealkylation sites (tertiary alicyclic amines) is 1. The highest BCUT2D eigenvalue weighted by atomic mass is 16.3. The fraction of sp³-hybridized carbons (Fsp3) is 0.571. The van der Waals surface area contributed by atoms with Gasteiger partial charge in [0.2, 0.25) is 0 Å². The van der Waals surface area contributed by atoms with Crippen LogP contribution < -0.4 is 0 Å². The largest absolute Gasteiger partial charge is 0.392 e. The van der Waals surface area contributed by atoms with Crippen LogP contribution in [0.3, 0.4) is 0 Å². The zero-order chi connectivity index (χ0) is 11.4. The zero-order valence-corrected chi connectivity index (χ0v) is 9.97. The molecule has 2 unspecified atom stereocenters. The minimum atomic E-state index is -0.114. The van der Waals surface area contributed by atoms with Crippen molar-refractivity contribution < 1.29 is 5.11 Å². The smallest absolute Gasteiger partial charge is 0.0667 e. The number of rotatable bonds is 3. The highest BCUT2D eigenvalue weighted by Crippen LogP contribution is 2.18. The Morgan fingerprint density at radius 1 is 1.38 bits per heavy atom. The third-order valence-corrected chi connectivity index (χ3v) is 3.38. The van der Waals surface area contributed by atoms with Crippen molar-refractivity contribution in [1.82, 2.24) is 4.90 Å². The number of nitrogens with zero attached hydrogens (tertiary/aromatic N) is 1. The van der Waals surface area contributed by atoms with Gasteiger partial charge in [0, 0.05) is 13.1 Å². The summed E-state index contributed by atoms with van der Waals surface area (Å²) in [5.74, 6) is 0.548. The van der Waals surface area contributed by atoms with E-state index in [1.54, 1.807) is 0 Å². The summed E-state index contributed by atoms with van der Waals surface area (Å²) in [4.78, 5) is 2.38. The number of aliphatic hydroxyl groups excluding tert-OH is 1. The number of piperidine rings is 1. The summed E-state index contributed by atoms with van der Waals surface area (Å²) in [7, 11) is 0. The van der Waals surface area contributed by atoms with Crippen LogP contribution >= 0.6 is 0 Å². The van der Waals surface area contributed by atoms with Crippen LogP contribution in [0.4, 0.5) is 0 Å². The summed E-state index contributed by atoms with van der Waals surface area (Å²) in [5, 5.41) is 9.62. The van der Waals surface area contributed by atoms with Gasteiger partial charge in [-0.3, -0.25) is 0 Å². The molecule has 2 atom stereocenters. The molecule has 2 rings (SSSR count). The van der Waals surface area contributed by atoms with Crippen molar-refractivity contribution in [3.05, 3.63) is 35.9 Å². The molecule has 1 fully saturated rings. The summed E-state index contributed by atoms with van der Waals surface area (Å²) in [6, 6.07) is 10.6. The van der Waals surface area contributed by atoms with Crippen molar-refractivity contribution in [1.29, 1.82) is 0 Å². The molecule has 1 aliphatic rings. The molecule has 1 saturated heterocycles. The Morgan fingerprint density at radius 3 is 2.81 bits per heavy atom. The molecule has 1 aromatic rings. The minimum absolute atomic E-state index is 0.114. The van der Waals surface area contributed by atoms with Crippen LogP contribution in [0.1, 0.15) is 31.2 Å². The van der Waals surface area contributed by atoms with Gasteiger partial charge in [-0.25, -0.2) is 0 Å². The van der Waals surface area contributed by atoms with E-state index < -0.39 is 0 Å². The van der Waals surface area contributed by atoms with E-state index in [1.165, 1.54) is 5.56 Å². The number of β-amino-alcohol motifs (C(OH)–C–C–N with tert-alkyl or cyclic N) is 1. The Labute approximate surface area is 97.9 Å². The summed E-state index contributed by atoms with van der Waals surface area (Å²) >= 11 is 0. The Balaban J connectivity index is 1.89. The van der Waals surface area contributed by atoms with E-state index in [-0.39, 0.29) is 6.10 Å². The Bertz CT molecular complexity index is 312. The van der Waals surface area contributed by atoms with E-state index in [9.17, 15) is 5.11 Å². The van der Waals surface area contributed by atoms with Crippen molar-refractivity contribution in [3.8, 4) is 0 Å². The Kier molecular flexibility index (Phi) is 3.97. The van der Waals surface area contributed by atoms with E-state index in [0.29, 0.717) is 5.92 Å². The molecule has 0 bridgehead atoms. The second-order valence-electron chi connectivity index (χ2n) is 4.87. The van der Waals surface area contributed by atoms with Gasteiger partial charge in [0.1, 0.15) is 0 Å². The van der Waals surface area contributed by atoms with Crippen LogP contribution in [-0.4, -0.2) is 35.7 Å². The van der Waals surface area contributed by atoms with Crippen molar-refractivity contribution in [2.24, 2.45) is 0 Å². The van der Waals surface area contributed by atoms with Gasteiger partial charge in [0.15, 0.2) is 0 Å². The molecule has 1 heterocycles. The van der Waals surface area contributed by atoms with E-state index in [1.807, 2.05) is 0 Å². The van der Waals surface area contributed by atoms with Crippen molar-refractivity contribution >= 4 is 0 Å². The quantitative estimate of drug-likeness (QED) is 0.843. The average molecular weight is 219 g/mol.